The molecule has 3 heteroatoms. The first kappa shape index (κ1) is 15.5. The lowest BCUT2D eigenvalue weighted by molar-refractivity contribution is 0.0409. The van der Waals surface area contributed by atoms with E-state index in [0.29, 0.717) is 5.92 Å². The maximum atomic E-state index is 5.95. The summed E-state index contributed by atoms with van der Waals surface area (Å²) in [5.41, 5.74) is 3.65. The van der Waals surface area contributed by atoms with Crippen molar-refractivity contribution in [2.75, 3.05) is 20.2 Å². The van der Waals surface area contributed by atoms with Gasteiger partial charge in [-0.25, -0.2) is 0 Å². The van der Waals surface area contributed by atoms with E-state index in [1.54, 1.807) is 0 Å². The zero-order chi connectivity index (χ0) is 15.4. The summed E-state index contributed by atoms with van der Waals surface area (Å²) in [5, 5.41) is 4.24. The average Bonchev–Trinajstić information content (AvgIpc) is 2.58. The van der Waals surface area contributed by atoms with Crippen LogP contribution < -0.4 is 5.32 Å². The third kappa shape index (κ3) is 3.52. The Morgan fingerprint density at radius 1 is 1.05 bits per heavy atom. The van der Waals surface area contributed by atoms with Crippen LogP contribution >= 0.6 is 11.6 Å². The van der Waals surface area contributed by atoms with E-state index in [1.165, 1.54) is 29.5 Å². The Morgan fingerprint density at radius 2 is 1.68 bits per heavy atom. The van der Waals surface area contributed by atoms with Crippen LogP contribution in [0.3, 0.4) is 0 Å². The average molecular weight is 316 g/mol. The lowest BCUT2D eigenvalue weighted by atomic mass is 9.88. The highest BCUT2D eigenvalue weighted by molar-refractivity contribution is 6.30. The molecule has 0 saturated carbocycles. The molecule has 2 nitrogen and oxygen atoms in total. The number of hydrogen-bond acceptors (Lipinski definition) is 2. The Morgan fingerprint density at radius 3 is 2.23 bits per heavy atom. The fourth-order valence-electron chi connectivity index (χ4n) is 3.25. The quantitative estimate of drug-likeness (QED) is 0.883. The number of halogens is 1. The first-order valence-corrected chi connectivity index (χ1v) is 8.25. The van der Waals surface area contributed by atoms with Gasteiger partial charge >= 0.3 is 0 Å². The fraction of sp³-hybridized carbons (Fsp3) is 0.368. The van der Waals surface area contributed by atoms with Gasteiger partial charge in [-0.05, 0) is 48.2 Å². The van der Waals surface area contributed by atoms with Crippen molar-refractivity contribution in [1.82, 2.24) is 5.32 Å². The van der Waals surface area contributed by atoms with Crippen molar-refractivity contribution in [2.45, 2.75) is 18.9 Å². The monoisotopic (exact) mass is 315 g/mol. The molecule has 22 heavy (non-hydrogen) atoms. The van der Waals surface area contributed by atoms with Crippen molar-refractivity contribution in [1.29, 1.82) is 0 Å². The normalized spacial score (nSPS) is 19.8. The molecule has 2 atom stereocenters. The molecule has 2 aromatic rings. The van der Waals surface area contributed by atoms with Crippen LogP contribution in [0.2, 0.25) is 5.02 Å². The maximum Gasteiger partial charge on any atom is 0.0861 e. The summed E-state index contributed by atoms with van der Waals surface area (Å²) in [4.78, 5) is 0. The smallest absolute Gasteiger partial charge is 0.0861 e. The summed E-state index contributed by atoms with van der Waals surface area (Å²) in [6.45, 7) is 2.17. The second kappa shape index (κ2) is 7.28. The SMILES string of the molecule is COC(c1ccc(-c2ccc(Cl)cc2)cc1)C1CCCNC1. The van der Waals surface area contributed by atoms with Crippen molar-refractivity contribution in [2.24, 2.45) is 5.92 Å². The third-order valence-electron chi connectivity index (χ3n) is 4.43. The topological polar surface area (TPSA) is 21.3 Å². The summed E-state index contributed by atoms with van der Waals surface area (Å²) >= 11 is 5.95. The fourth-order valence-corrected chi connectivity index (χ4v) is 3.37. The van der Waals surface area contributed by atoms with Crippen molar-refractivity contribution < 1.29 is 4.74 Å². The molecule has 3 rings (SSSR count). The molecule has 1 N–H and O–H groups in total. The molecule has 1 aliphatic rings. The highest BCUT2D eigenvalue weighted by Crippen LogP contribution is 2.31. The van der Waals surface area contributed by atoms with Crippen molar-refractivity contribution in [3.05, 3.63) is 59.1 Å². The number of benzene rings is 2. The minimum atomic E-state index is 0.173. The molecular formula is C19H22ClNO. The molecule has 2 aromatic carbocycles. The molecule has 0 aromatic heterocycles. The van der Waals surface area contributed by atoms with Gasteiger partial charge in [-0.2, -0.15) is 0 Å². The third-order valence-corrected chi connectivity index (χ3v) is 4.69. The summed E-state index contributed by atoms with van der Waals surface area (Å²) in [7, 11) is 1.81. The lowest BCUT2D eigenvalue weighted by Gasteiger charge is -2.30. The molecule has 116 valence electrons. The van der Waals surface area contributed by atoms with Gasteiger partial charge in [0.1, 0.15) is 0 Å². The van der Waals surface area contributed by atoms with Gasteiger partial charge in [0.2, 0.25) is 0 Å². The molecule has 1 fully saturated rings. The molecule has 0 radical (unpaired) electrons. The zero-order valence-corrected chi connectivity index (χ0v) is 13.6. The molecule has 2 unspecified atom stereocenters. The summed E-state index contributed by atoms with van der Waals surface area (Å²) < 4.78 is 5.78. The Bertz CT molecular complexity index is 588. The van der Waals surface area contributed by atoms with Crippen LogP contribution in [0.5, 0.6) is 0 Å². The first-order chi connectivity index (χ1) is 10.8. The summed E-state index contributed by atoms with van der Waals surface area (Å²) in [5.74, 6) is 0.556. The number of methoxy groups -OCH3 is 1. The van der Waals surface area contributed by atoms with Gasteiger partial charge < -0.3 is 10.1 Å². The highest BCUT2D eigenvalue weighted by Gasteiger charge is 2.24. The molecule has 1 aliphatic heterocycles. The molecule has 0 amide bonds. The van der Waals surface area contributed by atoms with E-state index < -0.39 is 0 Å². The summed E-state index contributed by atoms with van der Waals surface area (Å²) in [6.07, 6.45) is 2.63. The Labute approximate surface area is 137 Å². The van der Waals surface area contributed by atoms with Crippen LogP contribution in [0.1, 0.15) is 24.5 Å². The maximum absolute atomic E-state index is 5.95. The Hall–Kier alpha value is -1.35. The van der Waals surface area contributed by atoms with E-state index in [9.17, 15) is 0 Å². The highest BCUT2D eigenvalue weighted by atomic mass is 35.5. The van der Waals surface area contributed by atoms with Gasteiger partial charge in [-0.1, -0.05) is 48.0 Å². The number of hydrogen-bond donors (Lipinski definition) is 1. The minimum absolute atomic E-state index is 0.173. The molecule has 0 spiro atoms. The molecule has 0 bridgehead atoms. The van der Waals surface area contributed by atoms with Crippen LogP contribution in [-0.2, 0) is 4.74 Å². The van der Waals surface area contributed by atoms with Crippen LogP contribution in [0.4, 0.5) is 0 Å². The molecule has 1 saturated heterocycles. The second-order valence-electron chi connectivity index (χ2n) is 5.89. The van der Waals surface area contributed by atoms with E-state index in [1.807, 2.05) is 19.2 Å². The van der Waals surface area contributed by atoms with Gasteiger partial charge in [-0.3, -0.25) is 0 Å². The van der Waals surface area contributed by atoms with Crippen molar-refractivity contribution in [3.63, 3.8) is 0 Å². The number of rotatable bonds is 4. The standard InChI is InChI=1S/C19H22ClNO/c1-22-19(17-3-2-12-21-13-17)16-6-4-14(5-7-16)15-8-10-18(20)11-9-15/h4-11,17,19,21H,2-3,12-13H2,1H3. The lowest BCUT2D eigenvalue weighted by Crippen LogP contribution is -2.33. The van der Waals surface area contributed by atoms with Gasteiger partial charge in [0.15, 0.2) is 0 Å². The number of ether oxygens (including phenoxy) is 1. The zero-order valence-electron chi connectivity index (χ0n) is 12.9. The summed E-state index contributed by atoms with van der Waals surface area (Å²) in [6, 6.07) is 16.7. The predicted molar refractivity (Wildman–Crippen MR) is 92.2 cm³/mol. The largest absolute Gasteiger partial charge is 0.376 e. The van der Waals surface area contributed by atoms with E-state index >= 15 is 0 Å². The van der Waals surface area contributed by atoms with Gasteiger partial charge in [-0.15, -0.1) is 0 Å². The second-order valence-corrected chi connectivity index (χ2v) is 6.33. The number of piperidine rings is 1. The van der Waals surface area contributed by atoms with Crippen LogP contribution in [-0.4, -0.2) is 20.2 Å². The van der Waals surface area contributed by atoms with Gasteiger partial charge in [0, 0.05) is 24.6 Å². The van der Waals surface area contributed by atoms with Crippen molar-refractivity contribution >= 4 is 11.6 Å². The van der Waals surface area contributed by atoms with E-state index in [0.717, 1.165) is 18.1 Å². The van der Waals surface area contributed by atoms with E-state index in [-0.39, 0.29) is 6.10 Å². The number of nitrogens with one attached hydrogen (secondary N) is 1. The molecule has 1 heterocycles. The van der Waals surface area contributed by atoms with Gasteiger partial charge in [0.05, 0.1) is 6.10 Å². The first-order valence-electron chi connectivity index (χ1n) is 7.87. The predicted octanol–water partition coefficient (Wildman–Crippen LogP) is 4.69. The Balaban J connectivity index is 1.78. The van der Waals surface area contributed by atoms with E-state index in [4.69, 9.17) is 16.3 Å². The van der Waals surface area contributed by atoms with Crippen LogP contribution in [0.25, 0.3) is 11.1 Å². The molecule has 0 aliphatic carbocycles. The van der Waals surface area contributed by atoms with Crippen molar-refractivity contribution in [3.8, 4) is 11.1 Å². The molecular weight excluding hydrogens is 294 g/mol. The van der Waals surface area contributed by atoms with Gasteiger partial charge in [0.25, 0.3) is 0 Å². The van der Waals surface area contributed by atoms with Crippen LogP contribution in [0, 0.1) is 5.92 Å². The van der Waals surface area contributed by atoms with Crippen LogP contribution in [0.15, 0.2) is 48.5 Å². The Kier molecular flexibility index (Phi) is 5.14. The van der Waals surface area contributed by atoms with E-state index in [2.05, 4.69) is 41.7 Å². The minimum Gasteiger partial charge on any atom is -0.376 e.